The second-order valence-corrected chi connectivity index (χ2v) is 7.63. The van der Waals surface area contributed by atoms with E-state index < -0.39 is 54.2 Å². The Labute approximate surface area is 191 Å². The van der Waals surface area contributed by atoms with Gasteiger partial charge in [-0.3, -0.25) is 4.79 Å². The van der Waals surface area contributed by atoms with Crippen LogP contribution in [0.25, 0.3) is 22.3 Å². The largest absolute Gasteiger partial charge is 0.507 e. The van der Waals surface area contributed by atoms with Crippen molar-refractivity contribution in [2.24, 2.45) is 0 Å². The number of benzene rings is 2. The highest BCUT2D eigenvalue weighted by Gasteiger charge is 2.44. The number of phenols is 2. The number of rotatable bonds is 5. The van der Waals surface area contributed by atoms with Crippen LogP contribution in [0.3, 0.4) is 0 Å². The number of aliphatic hydroxyl groups is 4. The van der Waals surface area contributed by atoms with Gasteiger partial charge in [-0.05, 0) is 18.2 Å². The van der Waals surface area contributed by atoms with E-state index in [2.05, 4.69) is 0 Å². The number of methoxy groups -OCH3 is 1. The highest BCUT2D eigenvalue weighted by Crippen LogP contribution is 2.38. The van der Waals surface area contributed by atoms with Crippen LogP contribution < -0.4 is 14.9 Å². The summed E-state index contributed by atoms with van der Waals surface area (Å²) in [5.74, 6) is -1.96. The molecule has 182 valence electrons. The van der Waals surface area contributed by atoms with E-state index in [-0.39, 0.29) is 39.5 Å². The molecule has 1 aliphatic rings. The quantitative estimate of drug-likeness (QED) is 0.254. The summed E-state index contributed by atoms with van der Waals surface area (Å²) in [5, 5.41) is 69.5. The summed E-state index contributed by atoms with van der Waals surface area (Å²) in [6, 6.07) is 6.15. The molecule has 1 aromatic heterocycles. The minimum absolute atomic E-state index is 0.0576. The molecular formula is C22H22O12. The Morgan fingerprint density at radius 3 is 2.38 bits per heavy atom. The molecular weight excluding hydrogens is 456 g/mol. The molecule has 0 aliphatic carbocycles. The van der Waals surface area contributed by atoms with Crippen LogP contribution in [0.1, 0.15) is 0 Å². The van der Waals surface area contributed by atoms with Gasteiger partial charge in [-0.2, -0.15) is 0 Å². The zero-order valence-corrected chi connectivity index (χ0v) is 17.7. The lowest BCUT2D eigenvalue weighted by atomic mass is 9.99. The normalized spacial score (nSPS) is 24.8. The van der Waals surface area contributed by atoms with E-state index in [1.165, 1.54) is 31.4 Å². The SMILES string of the molecule is COc1cc(-c2oc3cc(O[C@H]4O[C@@H](CO)[C@H](O)[C@H](O)[C@@H]4O)cc(O)c3c(=O)c2O)ccc1O. The van der Waals surface area contributed by atoms with Crippen molar-refractivity contribution in [1.82, 2.24) is 0 Å². The maximum absolute atomic E-state index is 12.7. The van der Waals surface area contributed by atoms with Gasteiger partial charge in [0.25, 0.3) is 0 Å². The summed E-state index contributed by atoms with van der Waals surface area (Å²) in [6.45, 7) is -0.665. The first-order valence-corrected chi connectivity index (χ1v) is 10.0. The van der Waals surface area contributed by atoms with Crippen molar-refractivity contribution in [3.63, 3.8) is 0 Å². The zero-order valence-electron chi connectivity index (χ0n) is 17.7. The van der Waals surface area contributed by atoms with Gasteiger partial charge in [-0.25, -0.2) is 0 Å². The maximum Gasteiger partial charge on any atom is 0.238 e. The van der Waals surface area contributed by atoms with Crippen LogP contribution in [-0.4, -0.2) is 80.2 Å². The molecule has 1 saturated heterocycles. The third-order valence-corrected chi connectivity index (χ3v) is 5.47. The molecule has 2 aromatic carbocycles. The molecule has 0 spiro atoms. The summed E-state index contributed by atoms with van der Waals surface area (Å²) in [6.07, 6.45) is -7.74. The summed E-state index contributed by atoms with van der Waals surface area (Å²) >= 11 is 0. The number of aromatic hydroxyl groups is 3. The Hall–Kier alpha value is -3.55. The van der Waals surface area contributed by atoms with Crippen molar-refractivity contribution in [2.75, 3.05) is 13.7 Å². The van der Waals surface area contributed by atoms with Crippen LogP contribution in [-0.2, 0) is 4.74 Å². The Balaban J connectivity index is 1.77. The lowest BCUT2D eigenvalue weighted by Gasteiger charge is -2.39. The van der Waals surface area contributed by atoms with Gasteiger partial charge < -0.3 is 54.4 Å². The van der Waals surface area contributed by atoms with Gasteiger partial charge >= 0.3 is 0 Å². The van der Waals surface area contributed by atoms with Crippen LogP contribution in [0.5, 0.6) is 28.7 Å². The second kappa shape index (κ2) is 9.00. The Bertz CT molecular complexity index is 1270. The fourth-order valence-corrected chi connectivity index (χ4v) is 3.65. The molecule has 3 aromatic rings. The highest BCUT2D eigenvalue weighted by molar-refractivity contribution is 5.88. The van der Waals surface area contributed by atoms with Gasteiger partial charge in [-0.15, -0.1) is 0 Å². The first-order valence-electron chi connectivity index (χ1n) is 10.0. The molecule has 0 radical (unpaired) electrons. The molecule has 1 aliphatic heterocycles. The molecule has 7 N–H and O–H groups in total. The fourth-order valence-electron chi connectivity index (χ4n) is 3.65. The minimum Gasteiger partial charge on any atom is -0.507 e. The highest BCUT2D eigenvalue weighted by atomic mass is 16.7. The van der Waals surface area contributed by atoms with Crippen LogP contribution in [0.15, 0.2) is 39.5 Å². The molecule has 12 heteroatoms. The third-order valence-electron chi connectivity index (χ3n) is 5.47. The Kier molecular flexibility index (Phi) is 6.25. The van der Waals surface area contributed by atoms with Crippen LogP contribution in [0.2, 0.25) is 0 Å². The lowest BCUT2D eigenvalue weighted by molar-refractivity contribution is -0.277. The van der Waals surface area contributed by atoms with Crippen LogP contribution in [0, 0.1) is 0 Å². The molecule has 0 saturated carbocycles. The fraction of sp³-hybridized carbons (Fsp3) is 0.318. The molecule has 4 rings (SSSR count). The summed E-state index contributed by atoms with van der Waals surface area (Å²) in [7, 11) is 1.32. The predicted octanol–water partition coefficient (Wildman–Crippen LogP) is -0.236. The smallest absolute Gasteiger partial charge is 0.238 e. The number of fused-ring (bicyclic) bond motifs is 1. The predicted molar refractivity (Wildman–Crippen MR) is 114 cm³/mol. The topological polar surface area (TPSA) is 200 Å². The molecule has 34 heavy (non-hydrogen) atoms. The molecule has 0 unspecified atom stereocenters. The average molecular weight is 478 g/mol. The van der Waals surface area contributed by atoms with Crippen molar-refractivity contribution < 1.29 is 54.4 Å². The molecule has 0 bridgehead atoms. The Morgan fingerprint density at radius 2 is 1.71 bits per heavy atom. The monoisotopic (exact) mass is 478 g/mol. The zero-order chi connectivity index (χ0) is 24.7. The van der Waals surface area contributed by atoms with E-state index >= 15 is 0 Å². The minimum atomic E-state index is -1.71. The number of aliphatic hydroxyl groups excluding tert-OH is 4. The van der Waals surface area contributed by atoms with Crippen LogP contribution in [0.4, 0.5) is 0 Å². The first kappa shape index (κ1) is 23.6. The van der Waals surface area contributed by atoms with Crippen molar-refractivity contribution in [1.29, 1.82) is 0 Å². The van der Waals surface area contributed by atoms with Gasteiger partial charge in [0.2, 0.25) is 17.5 Å². The Morgan fingerprint density at radius 1 is 0.971 bits per heavy atom. The number of ether oxygens (including phenoxy) is 3. The second-order valence-electron chi connectivity index (χ2n) is 7.63. The standard InChI is InChI=1S/C22H22O12/c1-31-12-4-8(2-3-10(12)24)21-19(29)17(27)15-11(25)5-9(6-13(15)33-21)32-22-20(30)18(28)16(26)14(7-23)34-22/h2-6,14,16,18,20,22-26,28-30H,7H2,1H3/t14-,16-,18-,20-,22-/m0/s1. The molecule has 0 amide bonds. The van der Waals surface area contributed by atoms with Gasteiger partial charge in [0, 0.05) is 17.7 Å². The van der Waals surface area contributed by atoms with E-state index in [1.54, 1.807) is 0 Å². The number of hydrogen-bond donors (Lipinski definition) is 7. The maximum atomic E-state index is 12.7. The van der Waals surface area contributed by atoms with Gasteiger partial charge in [0.05, 0.1) is 13.7 Å². The molecule has 2 heterocycles. The van der Waals surface area contributed by atoms with Crippen molar-refractivity contribution in [3.05, 3.63) is 40.6 Å². The third kappa shape index (κ3) is 3.97. The number of hydrogen-bond acceptors (Lipinski definition) is 12. The van der Waals surface area contributed by atoms with Gasteiger partial charge in [-0.1, -0.05) is 0 Å². The average Bonchev–Trinajstić information content (AvgIpc) is 2.81. The first-order chi connectivity index (χ1) is 16.2. The number of phenolic OH excluding ortho intramolecular Hbond substituents is 2. The van der Waals surface area contributed by atoms with E-state index in [0.29, 0.717) is 0 Å². The van der Waals surface area contributed by atoms with Crippen molar-refractivity contribution in [2.45, 2.75) is 30.7 Å². The van der Waals surface area contributed by atoms with Crippen molar-refractivity contribution >= 4 is 11.0 Å². The summed E-state index contributed by atoms with van der Waals surface area (Å²) in [5.41, 5.74) is -0.962. The van der Waals surface area contributed by atoms with E-state index in [0.717, 1.165) is 6.07 Å². The van der Waals surface area contributed by atoms with E-state index in [4.69, 9.17) is 18.6 Å². The van der Waals surface area contributed by atoms with E-state index in [9.17, 15) is 40.5 Å². The van der Waals surface area contributed by atoms with Gasteiger partial charge in [0.1, 0.15) is 46.9 Å². The van der Waals surface area contributed by atoms with E-state index in [1.807, 2.05) is 0 Å². The molecule has 5 atom stereocenters. The molecule has 12 nitrogen and oxygen atoms in total. The summed E-state index contributed by atoms with van der Waals surface area (Å²) in [4.78, 5) is 12.7. The lowest BCUT2D eigenvalue weighted by Crippen LogP contribution is -2.60. The molecule has 1 fully saturated rings. The van der Waals surface area contributed by atoms with Crippen LogP contribution >= 0.6 is 0 Å². The summed E-state index contributed by atoms with van der Waals surface area (Å²) < 4.78 is 21.4. The van der Waals surface area contributed by atoms with Gasteiger partial charge in [0.15, 0.2) is 17.3 Å². The van der Waals surface area contributed by atoms with Crippen molar-refractivity contribution in [3.8, 4) is 40.1 Å².